The van der Waals surface area contributed by atoms with E-state index >= 15 is 0 Å². The third-order valence-corrected chi connectivity index (χ3v) is 3.93. The third-order valence-electron chi connectivity index (χ3n) is 3.93. The standard InChI is InChI=1S/C20H17N5O/c1-2-26-16-5-6-18-17(12-16)19(15-4-3-9-22-13-15)24-25-20(23-18)14-7-10-21-11-8-14/h3-13H,2H2,1H3,(H,23,25). The molecule has 1 N–H and O–H groups in total. The predicted octanol–water partition coefficient (Wildman–Crippen LogP) is 3.31. The zero-order chi connectivity index (χ0) is 17.8. The van der Waals surface area contributed by atoms with Crippen molar-refractivity contribution in [2.45, 2.75) is 6.92 Å². The number of pyridine rings is 2. The molecule has 0 unspecified atom stereocenters. The van der Waals surface area contributed by atoms with E-state index in [-0.39, 0.29) is 0 Å². The molecule has 0 aliphatic carbocycles. The number of hydrazone groups is 1. The molecule has 3 aromatic rings. The lowest BCUT2D eigenvalue weighted by Crippen LogP contribution is -2.19. The smallest absolute Gasteiger partial charge is 0.154 e. The molecule has 0 spiro atoms. The van der Waals surface area contributed by atoms with E-state index in [0.717, 1.165) is 33.8 Å². The minimum Gasteiger partial charge on any atom is -0.494 e. The molecule has 6 heteroatoms. The van der Waals surface area contributed by atoms with Crippen molar-refractivity contribution < 1.29 is 4.74 Å². The molecule has 1 aliphatic heterocycles. The van der Waals surface area contributed by atoms with Gasteiger partial charge >= 0.3 is 0 Å². The Hall–Kier alpha value is -3.54. The van der Waals surface area contributed by atoms with Gasteiger partial charge in [-0.2, -0.15) is 5.10 Å². The number of hydrogen-bond acceptors (Lipinski definition) is 6. The van der Waals surface area contributed by atoms with Crippen LogP contribution in [-0.2, 0) is 0 Å². The van der Waals surface area contributed by atoms with E-state index in [2.05, 4.69) is 20.5 Å². The van der Waals surface area contributed by atoms with Crippen LogP contribution >= 0.6 is 0 Å². The number of aliphatic imine (C=N–C) groups is 1. The summed E-state index contributed by atoms with van der Waals surface area (Å²) < 4.78 is 5.66. The number of amidine groups is 1. The Kier molecular flexibility index (Phi) is 4.38. The second-order valence-electron chi connectivity index (χ2n) is 5.62. The lowest BCUT2D eigenvalue weighted by molar-refractivity contribution is 0.340. The van der Waals surface area contributed by atoms with Gasteiger partial charge in [-0.1, -0.05) is 0 Å². The van der Waals surface area contributed by atoms with Gasteiger partial charge < -0.3 is 4.74 Å². The fourth-order valence-electron chi connectivity index (χ4n) is 2.74. The Morgan fingerprint density at radius 2 is 1.85 bits per heavy atom. The first kappa shape index (κ1) is 16.0. The van der Waals surface area contributed by atoms with Crippen LogP contribution in [0.4, 0.5) is 5.69 Å². The highest BCUT2D eigenvalue weighted by Gasteiger charge is 2.18. The summed E-state index contributed by atoms with van der Waals surface area (Å²) in [6.45, 7) is 2.56. The second-order valence-corrected chi connectivity index (χ2v) is 5.62. The first-order valence-corrected chi connectivity index (χ1v) is 8.35. The topological polar surface area (TPSA) is 71.8 Å². The Labute approximate surface area is 151 Å². The first-order valence-electron chi connectivity index (χ1n) is 8.35. The van der Waals surface area contributed by atoms with Crippen LogP contribution in [0.2, 0.25) is 0 Å². The lowest BCUT2D eigenvalue weighted by atomic mass is 10.0. The Morgan fingerprint density at radius 3 is 2.62 bits per heavy atom. The molecule has 0 fully saturated rings. The van der Waals surface area contributed by atoms with Crippen molar-refractivity contribution in [3.63, 3.8) is 0 Å². The molecule has 0 radical (unpaired) electrons. The highest BCUT2D eigenvalue weighted by Crippen LogP contribution is 2.29. The van der Waals surface area contributed by atoms with Crippen LogP contribution in [0.25, 0.3) is 0 Å². The van der Waals surface area contributed by atoms with E-state index in [1.54, 1.807) is 24.8 Å². The van der Waals surface area contributed by atoms with Crippen molar-refractivity contribution >= 4 is 17.2 Å². The Balaban J connectivity index is 1.86. The van der Waals surface area contributed by atoms with Gasteiger partial charge in [-0.15, -0.1) is 0 Å². The van der Waals surface area contributed by atoms with Crippen LogP contribution in [0.15, 0.2) is 77.3 Å². The molecule has 1 aliphatic rings. The van der Waals surface area contributed by atoms with Gasteiger partial charge in [-0.3, -0.25) is 15.4 Å². The monoisotopic (exact) mass is 343 g/mol. The molecule has 6 nitrogen and oxygen atoms in total. The van der Waals surface area contributed by atoms with Crippen molar-refractivity contribution in [2.75, 3.05) is 6.61 Å². The quantitative estimate of drug-likeness (QED) is 0.789. The van der Waals surface area contributed by atoms with Crippen LogP contribution in [0.3, 0.4) is 0 Å². The van der Waals surface area contributed by atoms with Crippen molar-refractivity contribution in [1.29, 1.82) is 0 Å². The van der Waals surface area contributed by atoms with Gasteiger partial charge in [-0.05, 0) is 49.4 Å². The molecule has 26 heavy (non-hydrogen) atoms. The maximum Gasteiger partial charge on any atom is 0.154 e. The van der Waals surface area contributed by atoms with E-state index < -0.39 is 0 Å². The van der Waals surface area contributed by atoms with Crippen LogP contribution < -0.4 is 10.2 Å². The zero-order valence-corrected chi connectivity index (χ0v) is 14.3. The maximum absolute atomic E-state index is 5.66. The average molecular weight is 343 g/mol. The molecule has 0 saturated carbocycles. The molecule has 1 aromatic carbocycles. The van der Waals surface area contributed by atoms with Crippen molar-refractivity contribution in [3.8, 4) is 5.75 Å². The van der Waals surface area contributed by atoms with Crippen LogP contribution in [0, 0.1) is 0 Å². The zero-order valence-electron chi connectivity index (χ0n) is 14.3. The predicted molar refractivity (Wildman–Crippen MR) is 101 cm³/mol. The number of fused-ring (bicyclic) bond motifs is 1. The Bertz CT molecular complexity index is 968. The normalized spacial score (nSPS) is 13.0. The molecule has 0 saturated heterocycles. The van der Waals surface area contributed by atoms with Crippen LogP contribution in [0.5, 0.6) is 5.75 Å². The van der Waals surface area contributed by atoms with E-state index in [1.165, 1.54) is 0 Å². The minimum atomic E-state index is 0.599. The summed E-state index contributed by atoms with van der Waals surface area (Å²) in [5, 5.41) is 4.61. The van der Waals surface area contributed by atoms with Crippen molar-refractivity contribution in [3.05, 3.63) is 83.9 Å². The average Bonchev–Trinajstić information content (AvgIpc) is 2.89. The van der Waals surface area contributed by atoms with Gasteiger partial charge in [0, 0.05) is 41.5 Å². The van der Waals surface area contributed by atoms with E-state index in [9.17, 15) is 0 Å². The summed E-state index contributed by atoms with van der Waals surface area (Å²) in [6.07, 6.45) is 6.99. The summed E-state index contributed by atoms with van der Waals surface area (Å²) in [4.78, 5) is 13.0. The molecule has 0 amide bonds. The molecule has 2 aromatic heterocycles. The fraction of sp³-hybridized carbons (Fsp3) is 0.100. The number of nitrogens with one attached hydrogen (secondary N) is 1. The highest BCUT2D eigenvalue weighted by molar-refractivity contribution is 6.18. The number of rotatable bonds is 4. The number of hydrogen-bond donors (Lipinski definition) is 1. The van der Waals surface area contributed by atoms with Crippen molar-refractivity contribution in [2.24, 2.45) is 10.1 Å². The maximum atomic E-state index is 5.66. The summed E-state index contributed by atoms with van der Waals surface area (Å²) in [5.74, 6) is 1.45. The Morgan fingerprint density at radius 1 is 0.962 bits per heavy atom. The largest absolute Gasteiger partial charge is 0.494 e. The van der Waals surface area contributed by atoms with Crippen molar-refractivity contribution in [1.82, 2.24) is 15.4 Å². The highest BCUT2D eigenvalue weighted by atomic mass is 16.5. The summed E-state index contributed by atoms with van der Waals surface area (Å²) in [5.41, 5.74) is 7.37. The van der Waals surface area contributed by atoms with Gasteiger partial charge in [0.15, 0.2) is 5.84 Å². The van der Waals surface area contributed by atoms with E-state index in [1.807, 2.05) is 49.4 Å². The van der Waals surface area contributed by atoms with Gasteiger partial charge in [0.2, 0.25) is 0 Å². The first-order chi connectivity index (χ1) is 12.8. The third kappa shape index (κ3) is 3.17. The second kappa shape index (κ2) is 7.14. The van der Waals surface area contributed by atoms with Gasteiger partial charge in [0.25, 0.3) is 0 Å². The van der Waals surface area contributed by atoms with E-state index in [0.29, 0.717) is 12.4 Å². The summed E-state index contributed by atoms with van der Waals surface area (Å²) in [7, 11) is 0. The van der Waals surface area contributed by atoms with Crippen LogP contribution in [0.1, 0.15) is 23.6 Å². The number of aromatic nitrogens is 2. The fourth-order valence-corrected chi connectivity index (χ4v) is 2.74. The lowest BCUT2D eigenvalue weighted by Gasteiger charge is -2.10. The summed E-state index contributed by atoms with van der Waals surface area (Å²) >= 11 is 0. The van der Waals surface area contributed by atoms with Gasteiger partial charge in [0.1, 0.15) is 11.5 Å². The minimum absolute atomic E-state index is 0.599. The molecular formula is C20H17N5O. The van der Waals surface area contributed by atoms with E-state index in [4.69, 9.17) is 9.73 Å². The summed E-state index contributed by atoms with van der Waals surface area (Å²) in [6, 6.07) is 13.5. The number of benzene rings is 1. The molecule has 3 heterocycles. The number of ether oxygens (including phenoxy) is 1. The molecule has 4 rings (SSSR count). The molecule has 128 valence electrons. The molecule has 0 bridgehead atoms. The van der Waals surface area contributed by atoms with Gasteiger partial charge in [0.05, 0.1) is 12.3 Å². The molecule has 0 atom stereocenters. The van der Waals surface area contributed by atoms with Crippen LogP contribution in [-0.4, -0.2) is 28.1 Å². The molecular weight excluding hydrogens is 326 g/mol. The number of nitrogens with zero attached hydrogens (tertiary/aromatic N) is 4. The van der Waals surface area contributed by atoms with Gasteiger partial charge in [-0.25, -0.2) is 4.99 Å². The SMILES string of the molecule is CCOc1ccc2c(c1)C(c1cccnc1)=NNC(c1ccncc1)=N2.